The van der Waals surface area contributed by atoms with Gasteiger partial charge in [0, 0.05) is 11.8 Å². The molecule has 0 saturated heterocycles. The standard InChI is InChI=1S/C15H16N2O/c1-15(16)8-11-7-6-10-4-2-3-5-12(10)14(18)13(11)17-9-15/h2-5,9H,6-8,16H2,1H3. The van der Waals surface area contributed by atoms with Crippen molar-refractivity contribution < 1.29 is 4.79 Å². The summed E-state index contributed by atoms with van der Waals surface area (Å²) >= 11 is 0. The first kappa shape index (κ1) is 11.4. The number of allylic oxidation sites excluding steroid dienone is 1. The monoisotopic (exact) mass is 240 g/mol. The van der Waals surface area contributed by atoms with Gasteiger partial charge in [0.05, 0.1) is 5.54 Å². The van der Waals surface area contributed by atoms with Gasteiger partial charge in [-0.25, -0.2) is 0 Å². The fourth-order valence-corrected chi connectivity index (χ4v) is 2.69. The Morgan fingerprint density at radius 2 is 2.06 bits per heavy atom. The van der Waals surface area contributed by atoms with E-state index in [2.05, 4.69) is 4.99 Å². The van der Waals surface area contributed by atoms with Gasteiger partial charge in [-0.15, -0.1) is 0 Å². The number of benzene rings is 1. The van der Waals surface area contributed by atoms with Crippen molar-refractivity contribution in [3.63, 3.8) is 0 Å². The summed E-state index contributed by atoms with van der Waals surface area (Å²) in [5.41, 5.74) is 9.29. The third-order valence-corrected chi connectivity index (χ3v) is 3.59. The van der Waals surface area contributed by atoms with Gasteiger partial charge in [0.25, 0.3) is 0 Å². The number of hydrogen-bond acceptors (Lipinski definition) is 3. The summed E-state index contributed by atoms with van der Waals surface area (Å²) in [6.45, 7) is 1.95. The van der Waals surface area contributed by atoms with Gasteiger partial charge in [0.2, 0.25) is 5.78 Å². The molecule has 0 amide bonds. The van der Waals surface area contributed by atoms with Crippen LogP contribution in [0.15, 0.2) is 40.5 Å². The van der Waals surface area contributed by atoms with Gasteiger partial charge in [0.15, 0.2) is 0 Å². The predicted molar refractivity (Wildman–Crippen MR) is 71.8 cm³/mol. The van der Waals surface area contributed by atoms with E-state index in [0.717, 1.165) is 36.0 Å². The summed E-state index contributed by atoms with van der Waals surface area (Å²) in [5.74, 6) is 0.0462. The van der Waals surface area contributed by atoms with Crippen LogP contribution in [-0.2, 0) is 6.42 Å². The summed E-state index contributed by atoms with van der Waals surface area (Å²) in [7, 11) is 0. The van der Waals surface area contributed by atoms with Crippen LogP contribution < -0.4 is 5.73 Å². The Hall–Kier alpha value is -1.74. The maximum Gasteiger partial charge on any atom is 0.211 e. The Kier molecular flexibility index (Phi) is 2.45. The molecule has 1 heterocycles. The molecule has 0 radical (unpaired) electrons. The normalized spacial score (nSPS) is 26.7. The molecular formula is C15H16N2O. The van der Waals surface area contributed by atoms with Crippen molar-refractivity contribution in [1.29, 1.82) is 0 Å². The van der Waals surface area contributed by atoms with Crippen LogP contribution in [0.1, 0.15) is 35.7 Å². The fraction of sp³-hybridized carbons (Fsp3) is 0.333. The van der Waals surface area contributed by atoms with Crippen LogP contribution in [0.3, 0.4) is 0 Å². The molecule has 2 aliphatic rings. The lowest BCUT2D eigenvalue weighted by molar-refractivity contribution is 0.103. The largest absolute Gasteiger partial charge is 0.321 e. The molecule has 0 bridgehead atoms. The lowest BCUT2D eigenvalue weighted by Gasteiger charge is -2.25. The molecule has 1 atom stereocenters. The Balaban J connectivity index is 2.07. The van der Waals surface area contributed by atoms with E-state index in [1.807, 2.05) is 31.2 Å². The zero-order valence-electron chi connectivity index (χ0n) is 10.4. The number of Topliss-reactive ketones (excluding diaryl/α,β-unsaturated/α-hetero) is 1. The van der Waals surface area contributed by atoms with Crippen LogP contribution in [0.4, 0.5) is 0 Å². The lowest BCUT2D eigenvalue weighted by atomic mass is 9.89. The molecular weight excluding hydrogens is 224 g/mol. The number of rotatable bonds is 0. The van der Waals surface area contributed by atoms with Gasteiger partial charge in [0.1, 0.15) is 5.70 Å². The number of hydrogen-bond donors (Lipinski definition) is 1. The summed E-state index contributed by atoms with van der Waals surface area (Å²) in [6, 6.07) is 7.80. The minimum atomic E-state index is -0.421. The molecule has 92 valence electrons. The quantitative estimate of drug-likeness (QED) is 0.756. The minimum absolute atomic E-state index is 0.0462. The van der Waals surface area contributed by atoms with E-state index in [1.54, 1.807) is 6.21 Å². The second kappa shape index (κ2) is 3.89. The van der Waals surface area contributed by atoms with Crippen molar-refractivity contribution in [2.75, 3.05) is 0 Å². The van der Waals surface area contributed by atoms with Gasteiger partial charge in [-0.05, 0) is 37.3 Å². The first-order chi connectivity index (χ1) is 8.57. The zero-order chi connectivity index (χ0) is 12.8. The van der Waals surface area contributed by atoms with Crippen molar-refractivity contribution in [2.24, 2.45) is 10.7 Å². The van der Waals surface area contributed by atoms with E-state index in [4.69, 9.17) is 5.73 Å². The molecule has 1 aliphatic carbocycles. The van der Waals surface area contributed by atoms with E-state index in [1.165, 1.54) is 0 Å². The first-order valence-electron chi connectivity index (χ1n) is 6.25. The van der Waals surface area contributed by atoms with E-state index < -0.39 is 5.54 Å². The van der Waals surface area contributed by atoms with Crippen LogP contribution in [0.2, 0.25) is 0 Å². The van der Waals surface area contributed by atoms with E-state index >= 15 is 0 Å². The Morgan fingerprint density at radius 1 is 1.28 bits per heavy atom. The molecule has 0 fully saturated rings. The molecule has 1 aliphatic heterocycles. The molecule has 0 saturated carbocycles. The SMILES string of the molecule is CC1(N)C=NC2=C(CCc3ccccc3C2=O)C1. The highest BCUT2D eigenvalue weighted by atomic mass is 16.1. The highest BCUT2D eigenvalue weighted by Gasteiger charge is 2.30. The third kappa shape index (κ3) is 1.81. The average Bonchev–Trinajstić information content (AvgIpc) is 2.47. The van der Waals surface area contributed by atoms with Crippen molar-refractivity contribution >= 4 is 12.0 Å². The number of aryl methyl sites for hydroxylation is 1. The molecule has 18 heavy (non-hydrogen) atoms. The number of nitrogens with two attached hydrogens (primary N) is 1. The van der Waals surface area contributed by atoms with Gasteiger partial charge >= 0.3 is 0 Å². The number of carbonyl (C=O) groups is 1. The summed E-state index contributed by atoms with van der Waals surface area (Å²) in [4.78, 5) is 16.8. The minimum Gasteiger partial charge on any atom is -0.321 e. The molecule has 1 aromatic carbocycles. The topological polar surface area (TPSA) is 55.4 Å². The first-order valence-corrected chi connectivity index (χ1v) is 6.25. The van der Waals surface area contributed by atoms with Crippen molar-refractivity contribution in [3.05, 3.63) is 46.7 Å². The van der Waals surface area contributed by atoms with Crippen molar-refractivity contribution in [3.8, 4) is 0 Å². The van der Waals surface area contributed by atoms with E-state index in [-0.39, 0.29) is 5.78 Å². The Bertz CT molecular complexity index is 582. The lowest BCUT2D eigenvalue weighted by Crippen LogP contribution is -2.40. The molecule has 2 N–H and O–H groups in total. The van der Waals surface area contributed by atoms with Crippen LogP contribution in [0.25, 0.3) is 0 Å². The molecule has 0 spiro atoms. The second-order valence-corrected chi connectivity index (χ2v) is 5.38. The van der Waals surface area contributed by atoms with Crippen LogP contribution in [0, 0.1) is 0 Å². The molecule has 3 rings (SSSR count). The van der Waals surface area contributed by atoms with Gasteiger partial charge in [-0.3, -0.25) is 9.79 Å². The van der Waals surface area contributed by atoms with Gasteiger partial charge in [-0.2, -0.15) is 0 Å². The molecule has 0 aromatic heterocycles. The van der Waals surface area contributed by atoms with Crippen molar-refractivity contribution in [2.45, 2.75) is 31.7 Å². The maximum absolute atomic E-state index is 12.5. The van der Waals surface area contributed by atoms with Crippen LogP contribution >= 0.6 is 0 Å². The van der Waals surface area contributed by atoms with Gasteiger partial charge < -0.3 is 5.73 Å². The third-order valence-electron chi connectivity index (χ3n) is 3.59. The molecule has 1 aromatic rings. The molecule has 3 heteroatoms. The highest BCUT2D eigenvalue weighted by molar-refractivity contribution is 6.11. The number of fused-ring (bicyclic) bond motifs is 1. The fourth-order valence-electron chi connectivity index (χ4n) is 2.69. The Morgan fingerprint density at radius 3 is 2.89 bits per heavy atom. The van der Waals surface area contributed by atoms with E-state index in [9.17, 15) is 4.79 Å². The van der Waals surface area contributed by atoms with Gasteiger partial charge in [-0.1, -0.05) is 24.3 Å². The summed E-state index contributed by atoms with van der Waals surface area (Å²) in [5, 5.41) is 0. The van der Waals surface area contributed by atoms with Crippen molar-refractivity contribution in [1.82, 2.24) is 0 Å². The summed E-state index contributed by atoms with van der Waals surface area (Å²) in [6.07, 6.45) is 4.21. The highest BCUT2D eigenvalue weighted by Crippen LogP contribution is 2.32. The Labute approximate surface area is 106 Å². The smallest absolute Gasteiger partial charge is 0.211 e. The zero-order valence-corrected chi connectivity index (χ0v) is 10.4. The van der Waals surface area contributed by atoms with Crippen LogP contribution in [-0.4, -0.2) is 17.5 Å². The average molecular weight is 240 g/mol. The predicted octanol–water partition coefficient (Wildman–Crippen LogP) is 2.26. The van der Waals surface area contributed by atoms with Crippen LogP contribution in [0.5, 0.6) is 0 Å². The number of carbonyl (C=O) groups excluding carboxylic acids is 1. The number of ketones is 1. The van der Waals surface area contributed by atoms with E-state index in [0.29, 0.717) is 5.70 Å². The molecule has 3 nitrogen and oxygen atoms in total. The second-order valence-electron chi connectivity index (χ2n) is 5.38. The number of nitrogens with zero attached hydrogens (tertiary/aromatic N) is 1. The summed E-state index contributed by atoms with van der Waals surface area (Å²) < 4.78 is 0. The number of aliphatic imine (C=N–C) groups is 1. The molecule has 1 unspecified atom stereocenters. The maximum atomic E-state index is 12.5.